The Bertz CT molecular complexity index is 422. The molecule has 2 atom stereocenters. The van der Waals surface area contributed by atoms with Crippen LogP contribution in [-0.2, 0) is 4.79 Å². The van der Waals surface area contributed by atoms with Crippen LogP contribution < -0.4 is 10.6 Å². The number of carbonyl (C=O) groups is 1. The summed E-state index contributed by atoms with van der Waals surface area (Å²) in [6.45, 7) is 0.459. The summed E-state index contributed by atoms with van der Waals surface area (Å²) in [5.74, 6) is 0.203. The highest BCUT2D eigenvalue weighted by Crippen LogP contribution is 2.24. The monoisotopic (exact) mass is 282 g/mol. The van der Waals surface area contributed by atoms with Gasteiger partial charge in [0.15, 0.2) is 0 Å². The van der Waals surface area contributed by atoms with E-state index in [1.165, 1.54) is 0 Å². The Kier molecular flexibility index (Phi) is 5.19. The van der Waals surface area contributed by atoms with Crippen molar-refractivity contribution in [1.82, 2.24) is 5.32 Å². The highest BCUT2D eigenvalue weighted by atomic mass is 35.5. The third kappa shape index (κ3) is 4.20. The predicted octanol–water partition coefficient (Wildman–Crippen LogP) is 2.03. The Morgan fingerprint density at radius 3 is 2.74 bits per heavy atom. The molecule has 1 fully saturated rings. The number of hydrogen-bond acceptors (Lipinski definition) is 3. The van der Waals surface area contributed by atoms with Gasteiger partial charge in [-0.25, -0.2) is 0 Å². The maximum absolute atomic E-state index is 11.8. The van der Waals surface area contributed by atoms with Crippen LogP contribution in [-0.4, -0.2) is 30.2 Å². The normalized spacial score (nSPS) is 22.4. The summed E-state index contributed by atoms with van der Waals surface area (Å²) in [6, 6.07) is 7.27. The van der Waals surface area contributed by atoms with Crippen molar-refractivity contribution in [2.45, 2.75) is 25.3 Å². The average molecular weight is 283 g/mol. The highest BCUT2D eigenvalue weighted by molar-refractivity contribution is 6.30. The zero-order valence-corrected chi connectivity index (χ0v) is 11.5. The zero-order chi connectivity index (χ0) is 13.7. The second kappa shape index (κ2) is 6.89. The summed E-state index contributed by atoms with van der Waals surface area (Å²) in [7, 11) is 0. The van der Waals surface area contributed by atoms with Crippen LogP contribution in [0.2, 0.25) is 5.02 Å². The topological polar surface area (TPSA) is 61.4 Å². The zero-order valence-electron chi connectivity index (χ0n) is 10.7. The molecule has 104 valence electrons. The number of amides is 1. The van der Waals surface area contributed by atoms with E-state index in [2.05, 4.69) is 10.6 Å². The van der Waals surface area contributed by atoms with Gasteiger partial charge in [-0.3, -0.25) is 4.79 Å². The molecule has 2 rings (SSSR count). The molecule has 1 saturated carbocycles. The smallest absolute Gasteiger partial charge is 0.238 e. The summed E-state index contributed by atoms with van der Waals surface area (Å²) in [4.78, 5) is 11.8. The van der Waals surface area contributed by atoms with E-state index >= 15 is 0 Å². The molecule has 0 bridgehead atoms. The van der Waals surface area contributed by atoms with E-state index in [1.807, 2.05) is 0 Å². The molecule has 5 heteroatoms. The van der Waals surface area contributed by atoms with Crippen LogP contribution >= 0.6 is 11.6 Å². The van der Waals surface area contributed by atoms with E-state index in [-0.39, 0.29) is 31.0 Å². The molecule has 0 aliphatic heterocycles. The molecule has 1 aromatic carbocycles. The summed E-state index contributed by atoms with van der Waals surface area (Å²) in [5, 5.41) is 15.9. The van der Waals surface area contributed by atoms with Gasteiger partial charge in [0.2, 0.25) is 5.91 Å². The maximum Gasteiger partial charge on any atom is 0.238 e. The number of rotatable bonds is 5. The fraction of sp³-hybridized carbons (Fsp3) is 0.500. The Hall–Kier alpha value is -1.10. The number of aliphatic hydroxyl groups excluding tert-OH is 1. The van der Waals surface area contributed by atoms with Gasteiger partial charge in [-0.05, 0) is 43.0 Å². The lowest BCUT2D eigenvalue weighted by Gasteiger charge is -2.18. The largest absolute Gasteiger partial charge is 0.396 e. The summed E-state index contributed by atoms with van der Waals surface area (Å²) in [5.41, 5.74) is 0.737. The fourth-order valence-electron chi connectivity index (χ4n) is 2.49. The Morgan fingerprint density at radius 2 is 2.05 bits per heavy atom. The van der Waals surface area contributed by atoms with Crippen molar-refractivity contribution in [3.63, 3.8) is 0 Å². The molecule has 2 unspecified atom stereocenters. The number of aliphatic hydroxyl groups is 1. The van der Waals surface area contributed by atoms with Crippen LogP contribution in [0.1, 0.15) is 19.3 Å². The lowest BCUT2D eigenvalue weighted by atomic mass is 10.1. The molecule has 4 nitrogen and oxygen atoms in total. The second-order valence-corrected chi connectivity index (χ2v) is 5.35. The number of benzene rings is 1. The van der Waals surface area contributed by atoms with Gasteiger partial charge in [-0.2, -0.15) is 0 Å². The Labute approximate surface area is 118 Å². The van der Waals surface area contributed by atoms with Crippen LogP contribution in [0.5, 0.6) is 0 Å². The van der Waals surface area contributed by atoms with E-state index in [9.17, 15) is 9.90 Å². The van der Waals surface area contributed by atoms with Crippen molar-refractivity contribution >= 4 is 23.2 Å². The first-order chi connectivity index (χ1) is 9.19. The number of nitrogens with one attached hydrogen (secondary N) is 2. The van der Waals surface area contributed by atoms with E-state index < -0.39 is 0 Å². The maximum atomic E-state index is 11.8. The molecular formula is C14H19ClN2O2. The molecule has 1 aliphatic rings. The van der Waals surface area contributed by atoms with Crippen LogP contribution in [0.25, 0.3) is 0 Å². The molecule has 3 N–H and O–H groups in total. The number of anilines is 1. The fourth-order valence-corrected chi connectivity index (χ4v) is 2.61. The lowest BCUT2D eigenvalue weighted by Crippen LogP contribution is -2.39. The van der Waals surface area contributed by atoms with Crippen LogP contribution in [0.3, 0.4) is 0 Å². The van der Waals surface area contributed by atoms with Crippen LogP contribution in [0.4, 0.5) is 5.69 Å². The summed E-state index contributed by atoms with van der Waals surface area (Å²) >= 11 is 5.78. The van der Waals surface area contributed by atoms with Gasteiger partial charge in [0.05, 0.1) is 6.54 Å². The average Bonchev–Trinajstić information content (AvgIpc) is 2.86. The number of hydrogen-bond donors (Lipinski definition) is 3. The van der Waals surface area contributed by atoms with Crippen molar-refractivity contribution in [2.24, 2.45) is 5.92 Å². The Balaban J connectivity index is 1.77. The third-order valence-electron chi connectivity index (χ3n) is 3.55. The first kappa shape index (κ1) is 14.3. The molecule has 1 aliphatic carbocycles. The third-order valence-corrected chi connectivity index (χ3v) is 3.80. The van der Waals surface area contributed by atoms with Gasteiger partial charge in [-0.1, -0.05) is 18.0 Å². The first-order valence-corrected chi connectivity index (χ1v) is 6.96. The minimum absolute atomic E-state index is 0.0779. The summed E-state index contributed by atoms with van der Waals surface area (Å²) < 4.78 is 0. The van der Waals surface area contributed by atoms with E-state index in [0.29, 0.717) is 5.02 Å². The van der Waals surface area contributed by atoms with Gasteiger partial charge in [0.25, 0.3) is 0 Å². The van der Waals surface area contributed by atoms with Crippen LogP contribution in [0.15, 0.2) is 24.3 Å². The minimum atomic E-state index is -0.0779. The van der Waals surface area contributed by atoms with Crippen molar-refractivity contribution in [3.8, 4) is 0 Å². The van der Waals surface area contributed by atoms with Gasteiger partial charge < -0.3 is 15.7 Å². The molecule has 0 radical (unpaired) electrons. The molecule has 0 heterocycles. The number of carbonyl (C=O) groups excluding carboxylic acids is 1. The van der Waals surface area contributed by atoms with Crippen molar-refractivity contribution in [2.75, 3.05) is 18.5 Å². The van der Waals surface area contributed by atoms with Gasteiger partial charge in [0.1, 0.15) is 0 Å². The lowest BCUT2D eigenvalue weighted by molar-refractivity contribution is -0.115. The Morgan fingerprint density at radius 1 is 1.32 bits per heavy atom. The van der Waals surface area contributed by atoms with E-state index in [1.54, 1.807) is 24.3 Å². The molecule has 0 aromatic heterocycles. The van der Waals surface area contributed by atoms with E-state index in [0.717, 1.165) is 24.9 Å². The van der Waals surface area contributed by atoms with Crippen molar-refractivity contribution < 1.29 is 9.90 Å². The number of halogens is 1. The van der Waals surface area contributed by atoms with Gasteiger partial charge >= 0.3 is 0 Å². The highest BCUT2D eigenvalue weighted by Gasteiger charge is 2.26. The van der Waals surface area contributed by atoms with Crippen LogP contribution in [0, 0.1) is 5.92 Å². The van der Waals surface area contributed by atoms with Gasteiger partial charge in [-0.15, -0.1) is 0 Å². The molecule has 0 saturated heterocycles. The minimum Gasteiger partial charge on any atom is -0.396 e. The molecule has 1 aromatic rings. The summed E-state index contributed by atoms with van der Waals surface area (Å²) in [6.07, 6.45) is 3.17. The quantitative estimate of drug-likeness (QED) is 0.774. The molecule has 19 heavy (non-hydrogen) atoms. The van der Waals surface area contributed by atoms with Gasteiger partial charge in [0, 0.05) is 23.4 Å². The SMILES string of the molecule is O=C(CNC1CCCC1CO)Nc1ccc(Cl)cc1. The van der Waals surface area contributed by atoms with Crippen molar-refractivity contribution in [3.05, 3.63) is 29.3 Å². The van der Waals surface area contributed by atoms with Crippen molar-refractivity contribution in [1.29, 1.82) is 0 Å². The van der Waals surface area contributed by atoms with E-state index in [4.69, 9.17) is 11.6 Å². The second-order valence-electron chi connectivity index (χ2n) is 4.92. The predicted molar refractivity (Wildman–Crippen MR) is 76.3 cm³/mol. The molecular weight excluding hydrogens is 264 g/mol. The molecule has 1 amide bonds. The standard InChI is InChI=1S/C14H19ClN2O2/c15-11-4-6-12(7-5-11)17-14(19)8-16-13-3-1-2-10(13)9-18/h4-7,10,13,16,18H,1-3,8-9H2,(H,17,19). The molecule has 0 spiro atoms. The first-order valence-electron chi connectivity index (χ1n) is 6.58.